The Kier molecular flexibility index (Phi) is 5.68. The standard InChI is InChI=1S/C22H15F4NO2/c23-17-8-10-18(11-9-17)27-20-13-15(5-12-19(20)21(28)29)2-1-14-3-6-16(7-4-14)22(24,25)26/h1-13,27H,(H,28,29). The number of rotatable bonds is 5. The van der Waals surface area contributed by atoms with E-state index in [0.29, 0.717) is 22.5 Å². The predicted molar refractivity (Wildman–Crippen MR) is 103 cm³/mol. The van der Waals surface area contributed by atoms with Gasteiger partial charge < -0.3 is 10.4 Å². The Morgan fingerprint density at radius 3 is 2.03 bits per heavy atom. The molecular weight excluding hydrogens is 386 g/mol. The van der Waals surface area contributed by atoms with Gasteiger partial charge in [-0.1, -0.05) is 30.4 Å². The van der Waals surface area contributed by atoms with Crippen molar-refractivity contribution in [2.45, 2.75) is 6.18 Å². The van der Waals surface area contributed by atoms with Crippen molar-refractivity contribution in [3.63, 3.8) is 0 Å². The van der Waals surface area contributed by atoms with Crippen molar-refractivity contribution in [1.82, 2.24) is 0 Å². The Morgan fingerprint density at radius 1 is 0.862 bits per heavy atom. The van der Waals surface area contributed by atoms with Gasteiger partial charge in [0.15, 0.2) is 0 Å². The quantitative estimate of drug-likeness (QED) is 0.381. The van der Waals surface area contributed by atoms with Crippen LogP contribution in [-0.2, 0) is 6.18 Å². The molecule has 3 nitrogen and oxygen atoms in total. The molecule has 0 unspecified atom stereocenters. The second kappa shape index (κ2) is 8.18. The number of anilines is 2. The summed E-state index contributed by atoms with van der Waals surface area (Å²) in [4.78, 5) is 11.5. The molecule has 29 heavy (non-hydrogen) atoms. The fraction of sp³-hybridized carbons (Fsp3) is 0.0455. The molecule has 148 valence electrons. The largest absolute Gasteiger partial charge is 0.478 e. The van der Waals surface area contributed by atoms with Gasteiger partial charge in [-0.15, -0.1) is 0 Å². The van der Waals surface area contributed by atoms with Crippen molar-refractivity contribution in [2.24, 2.45) is 0 Å². The second-order valence-electron chi connectivity index (χ2n) is 6.20. The lowest BCUT2D eigenvalue weighted by molar-refractivity contribution is -0.137. The molecule has 0 bridgehead atoms. The summed E-state index contributed by atoms with van der Waals surface area (Å²) in [5, 5.41) is 12.3. The number of carboxylic acids is 1. The van der Waals surface area contributed by atoms with Crippen LogP contribution in [0, 0.1) is 5.82 Å². The molecule has 0 saturated heterocycles. The normalized spacial score (nSPS) is 11.6. The lowest BCUT2D eigenvalue weighted by atomic mass is 10.1. The molecule has 0 saturated carbocycles. The van der Waals surface area contributed by atoms with E-state index in [1.165, 1.54) is 42.5 Å². The van der Waals surface area contributed by atoms with Crippen LogP contribution in [0.1, 0.15) is 27.0 Å². The molecule has 3 aromatic rings. The first-order chi connectivity index (χ1) is 13.7. The second-order valence-corrected chi connectivity index (χ2v) is 6.20. The van der Waals surface area contributed by atoms with Crippen LogP contribution in [0.2, 0.25) is 0 Å². The first kappa shape index (κ1) is 20.1. The van der Waals surface area contributed by atoms with Gasteiger partial charge in [-0.2, -0.15) is 13.2 Å². The van der Waals surface area contributed by atoms with Gasteiger partial charge in [0, 0.05) is 5.69 Å². The molecule has 7 heteroatoms. The van der Waals surface area contributed by atoms with Gasteiger partial charge in [0.25, 0.3) is 0 Å². The number of carboxylic acid groups (broad SMARTS) is 1. The monoisotopic (exact) mass is 401 g/mol. The van der Waals surface area contributed by atoms with Gasteiger partial charge in [-0.05, 0) is 59.7 Å². The Balaban J connectivity index is 1.85. The lowest BCUT2D eigenvalue weighted by Gasteiger charge is -2.11. The summed E-state index contributed by atoms with van der Waals surface area (Å²) in [5.74, 6) is -1.55. The number of nitrogens with one attached hydrogen (secondary N) is 1. The van der Waals surface area contributed by atoms with Crippen LogP contribution in [-0.4, -0.2) is 11.1 Å². The zero-order valence-electron chi connectivity index (χ0n) is 14.9. The number of halogens is 4. The molecule has 0 spiro atoms. The van der Waals surface area contributed by atoms with E-state index in [9.17, 15) is 27.5 Å². The maximum atomic E-state index is 13.1. The first-order valence-electron chi connectivity index (χ1n) is 8.48. The summed E-state index contributed by atoms with van der Waals surface area (Å²) in [6, 6.07) is 14.7. The summed E-state index contributed by atoms with van der Waals surface area (Å²) >= 11 is 0. The van der Waals surface area contributed by atoms with Crippen LogP contribution in [0.5, 0.6) is 0 Å². The SMILES string of the molecule is O=C(O)c1ccc(C=Cc2ccc(C(F)(F)F)cc2)cc1Nc1ccc(F)cc1. The minimum Gasteiger partial charge on any atom is -0.478 e. The molecule has 0 aliphatic heterocycles. The van der Waals surface area contributed by atoms with E-state index < -0.39 is 23.5 Å². The molecule has 3 aromatic carbocycles. The smallest absolute Gasteiger partial charge is 0.416 e. The summed E-state index contributed by atoms with van der Waals surface area (Å²) in [5.41, 5.74) is 1.32. The molecule has 0 amide bonds. The average Bonchev–Trinajstić information content (AvgIpc) is 2.68. The van der Waals surface area contributed by atoms with Gasteiger partial charge in [0.1, 0.15) is 5.82 Å². The zero-order chi connectivity index (χ0) is 21.0. The average molecular weight is 401 g/mol. The van der Waals surface area contributed by atoms with Gasteiger partial charge >= 0.3 is 12.1 Å². The fourth-order valence-electron chi connectivity index (χ4n) is 2.62. The van der Waals surface area contributed by atoms with E-state index in [1.54, 1.807) is 24.3 Å². The van der Waals surface area contributed by atoms with Gasteiger partial charge in [-0.25, -0.2) is 9.18 Å². The molecule has 2 N–H and O–H groups in total. The Bertz CT molecular complexity index is 1040. The van der Waals surface area contributed by atoms with Crippen molar-refractivity contribution in [1.29, 1.82) is 0 Å². The molecule has 0 aromatic heterocycles. The third-order valence-electron chi connectivity index (χ3n) is 4.10. The third kappa shape index (κ3) is 5.22. The number of hydrogen-bond acceptors (Lipinski definition) is 2. The number of hydrogen-bond donors (Lipinski definition) is 2. The maximum Gasteiger partial charge on any atom is 0.416 e. The molecule has 0 radical (unpaired) electrons. The van der Waals surface area contributed by atoms with Crippen molar-refractivity contribution < 1.29 is 27.5 Å². The highest BCUT2D eigenvalue weighted by atomic mass is 19.4. The highest BCUT2D eigenvalue weighted by Gasteiger charge is 2.29. The van der Waals surface area contributed by atoms with Crippen molar-refractivity contribution in [3.8, 4) is 0 Å². The van der Waals surface area contributed by atoms with Crippen molar-refractivity contribution in [2.75, 3.05) is 5.32 Å². The number of benzene rings is 3. The first-order valence-corrected chi connectivity index (χ1v) is 8.48. The van der Waals surface area contributed by atoms with Crippen LogP contribution in [0.25, 0.3) is 12.2 Å². The molecule has 0 fully saturated rings. The van der Waals surface area contributed by atoms with E-state index in [4.69, 9.17) is 0 Å². The summed E-state index contributed by atoms with van der Waals surface area (Å²) in [7, 11) is 0. The highest BCUT2D eigenvalue weighted by Crippen LogP contribution is 2.29. The number of aromatic carboxylic acids is 1. The van der Waals surface area contributed by atoms with Crippen LogP contribution >= 0.6 is 0 Å². The predicted octanol–water partition coefficient (Wildman–Crippen LogP) is 6.46. The minimum atomic E-state index is -4.39. The summed E-state index contributed by atoms with van der Waals surface area (Å²) in [6.45, 7) is 0. The van der Waals surface area contributed by atoms with Crippen LogP contribution < -0.4 is 5.32 Å². The lowest BCUT2D eigenvalue weighted by Crippen LogP contribution is -2.04. The molecule has 0 aliphatic rings. The van der Waals surface area contributed by atoms with E-state index >= 15 is 0 Å². The van der Waals surface area contributed by atoms with Crippen LogP contribution in [0.15, 0.2) is 66.7 Å². The van der Waals surface area contributed by atoms with Crippen molar-refractivity contribution in [3.05, 3.63) is 94.8 Å². The van der Waals surface area contributed by atoms with Gasteiger partial charge in [-0.3, -0.25) is 0 Å². The topological polar surface area (TPSA) is 49.3 Å². The minimum absolute atomic E-state index is 0.0287. The Hall–Kier alpha value is -3.61. The van der Waals surface area contributed by atoms with E-state index in [1.807, 2.05) is 0 Å². The zero-order valence-corrected chi connectivity index (χ0v) is 14.9. The van der Waals surface area contributed by atoms with Gasteiger partial charge in [0.2, 0.25) is 0 Å². The van der Waals surface area contributed by atoms with Gasteiger partial charge in [0.05, 0.1) is 16.8 Å². The van der Waals surface area contributed by atoms with E-state index in [2.05, 4.69) is 5.32 Å². The van der Waals surface area contributed by atoms with Crippen LogP contribution in [0.3, 0.4) is 0 Å². The maximum absolute atomic E-state index is 13.1. The summed E-state index contributed by atoms with van der Waals surface area (Å²) in [6.07, 6.45) is -1.11. The molecular formula is C22H15F4NO2. The van der Waals surface area contributed by atoms with E-state index in [0.717, 1.165) is 12.1 Å². The molecule has 0 atom stereocenters. The molecule has 0 aliphatic carbocycles. The number of carbonyl (C=O) groups is 1. The van der Waals surface area contributed by atoms with E-state index in [-0.39, 0.29) is 5.56 Å². The van der Waals surface area contributed by atoms with Crippen LogP contribution in [0.4, 0.5) is 28.9 Å². The fourth-order valence-corrected chi connectivity index (χ4v) is 2.62. The Labute approximate surface area is 163 Å². The summed E-state index contributed by atoms with van der Waals surface area (Å²) < 4.78 is 50.9. The Morgan fingerprint density at radius 2 is 1.45 bits per heavy atom. The number of alkyl halides is 3. The van der Waals surface area contributed by atoms with Crippen molar-refractivity contribution >= 4 is 29.5 Å². The highest BCUT2D eigenvalue weighted by molar-refractivity contribution is 5.96. The molecule has 0 heterocycles. The molecule has 3 rings (SSSR count). The third-order valence-corrected chi connectivity index (χ3v) is 4.10.